The Morgan fingerprint density at radius 3 is 3.00 bits per heavy atom. The van der Waals surface area contributed by atoms with Gasteiger partial charge in [-0.2, -0.15) is 5.10 Å². The Labute approximate surface area is 144 Å². The van der Waals surface area contributed by atoms with Crippen molar-refractivity contribution in [1.82, 2.24) is 9.78 Å². The van der Waals surface area contributed by atoms with E-state index in [1.165, 1.54) is 22.3 Å². The maximum absolute atomic E-state index is 12.3. The Balaban J connectivity index is 1.78. The number of esters is 1. The minimum atomic E-state index is -0.358. The summed E-state index contributed by atoms with van der Waals surface area (Å²) in [6.45, 7) is 2.09. The molecule has 126 valence electrons. The van der Waals surface area contributed by atoms with Gasteiger partial charge in [0.05, 0.1) is 18.4 Å². The molecule has 1 aliphatic rings. The van der Waals surface area contributed by atoms with E-state index in [0.717, 1.165) is 30.4 Å². The zero-order chi connectivity index (χ0) is 17.1. The highest BCUT2D eigenvalue weighted by molar-refractivity contribution is 7.17. The molecule has 0 fully saturated rings. The Morgan fingerprint density at radius 2 is 2.29 bits per heavy atom. The van der Waals surface area contributed by atoms with Crippen molar-refractivity contribution in [2.45, 2.75) is 26.2 Å². The predicted octanol–water partition coefficient (Wildman–Crippen LogP) is 2.80. The zero-order valence-electron chi connectivity index (χ0n) is 13.7. The Morgan fingerprint density at radius 1 is 1.46 bits per heavy atom. The van der Waals surface area contributed by atoms with E-state index < -0.39 is 0 Å². The summed E-state index contributed by atoms with van der Waals surface area (Å²) in [6, 6.07) is 0. The Bertz CT molecular complexity index is 804. The number of carbonyl (C=O) groups excluding carboxylic acids is 2. The largest absolute Gasteiger partial charge is 0.462 e. The van der Waals surface area contributed by atoms with Crippen LogP contribution in [0.1, 0.15) is 39.7 Å². The zero-order valence-corrected chi connectivity index (χ0v) is 14.5. The molecule has 0 atom stereocenters. The lowest BCUT2D eigenvalue weighted by Gasteiger charge is -2.06. The average molecular weight is 345 g/mol. The molecule has 3 rings (SSSR count). The van der Waals surface area contributed by atoms with Crippen LogP contribution in [0, 0.1) is 0 Å². The number of nitrogens with one attached hydrogen (secondary N) is 1. The topological polar surface area (TPSA) is 73.2 Å². The average Bonchev–Trinajstić information content (AvgIpc) is 3.21. The van der Waals surface area contributed by atoms with Gasteiger partial charge in [0.2, 0.25) is 5.91 Å². The van der Waals surface area contributed by atoms with E-state index in [-0.39, 0.29) is 11.9 Å². The van der Waals surface area contributed by atoms with Crippen LogP contribution in [0.2, 0.25) is 0 Å². The molecule has 0 saturated carbocycles. The molecule has 1 N–H and O–H groups in total. The number of hydrogen-bond acceptors (Lipinski definition) is 5. The number of anilines is 1. The number of aromatic nitrogens is 2. The summed E-state index contributed by atoms with van der Waals surface area (Å²) in [7, 11) is 1.82. The molecule has 7 heteroatoms. The van der Waals surface area contributed by atoms with Crippen LogP contribution in [0.25, 0.3) is 6.08 Å². The second-order valence-electron chi connectivity index (χ2n) is 5.55. The fourth-order valence-corrected chi connectivity index (χ4v) is 4.04. The maximum atomic E-state index is 12.3. The molecule has 0 spiro atoms. The second kappa shape index (κ2) is 7.00. The lowest BCUT2D eigenvalue weighted by atomic mass is 10.1. The van der Waals surface area contributed by atoms with Crippen molar-refractivity contribution in [3.8, 4) is 0 Å². The lowest BCUT2D eigenvalue weighted by Crippen LogP contribution is -2.13. The molecule has 6 nitrogen and oxygen atoms in total. The molecule has 0 aromatic carbocycles. The van der Waals surface area contributed by atoms with Gasteiger partial charge in [-0.15, -0.1) is 11.3 Å². The number of rotatable bonds is 5. The molecule has 1 amide bonds. The predicted molar refractivity (Wildman–Crippen MR) is 93.2 cm³/mol. The van der Waals surface area contributed by atoms with Crippen LogP contribution in [-0.2, 0) is 29.4 Å². The SMILES string of the molecule is CCOC(=O)c1c(NC(=O)C=Cc2cnn(C)c2)sc2c1CCC2. The number of nitrogens with zero attached hydrogens (tertiary/aromatic N) is 2. The summed E-state index contributed by atoms with van der Waals surface area (Å²) >= 11 is 1.47. The van der Waals surface area contributed by atoms with Crippen LogP contribution in [0.5, 0.6) is 0 Å². The highest BCUT2D eigenvalue weighted by Gasteiger charge is 2.27. The number of hydrogen-bond donors (Lipinski definition) is 1. The van der Waals surface area contributed by atoms with Crippen molar-refractivity contribution in [1.29, 1.82) is 0 Å². The normalized spacial score (nSPS) is 13.2. The summed E-state index contributed by atoms with van der Waals surface area (Å²) in [6.07, 6.45) is 9.48. The monoisotopic (exact) mass is 345 g/mol. The third kappa shape index (κ3) is 3.41. The van der Waals surface area contributed by atoms with Gasteiger partial charge in [-0.05, 0) is 37.8 Å². The summed E-state index contributed by atoms with van der Waals surface area (Å²) in [5, 5.41) is 7.45. The van der Waals surface area contributed by atoms with E-state index in [0.29, 0.717) is 17.2 Å². The fourth-order valence-electron chi connectivity index (χ4n) is 2.76. The van der Waals surface area contributed by atoms with Gasteiger partial charge >= 0.3 is 5.97 Å². The molecule has 2 heterocycles. The highest BCUT2D eigenvalue weighted by atomic mass is 32.1. The molecule has 2 aromatic rings. The van der Waals surface area contributed by atoms with E-state index in [2.05, 4.69) is 10.4 Å². The third-order valence-corrected chi connectivity index (χ3v) is 5.00. The van der Waals surface area contributed by atoms with Crippen LogP contribution in [0.3, 0.4) is 0 Å². The minimum absolute atomic E-state index is 0.274. The fraction of sp³-hybridized carbons (Fsp3) is 0.353. The number of aryl methyl sites for hydroxylation is 2. The number of amides is 1. The first kappa shape index (κ1) is 16.4. The first-order valence-electron chi connectivity index (χ1n) is 7.88. The standard InChI is InChI=1S/C17H19N3O3S/c1-3-23-17(22)15-12-5-4-6-13(12)24-16(15)19-14(21)8-7-11-9-18-20(2)10-11/h7-10H,3-6H2,1-2H3,(H,19,21). The number of thiophene rings is 1. The van der Waals surface area contributed by atoms with Crippen molar-refractivity contribution in [2.75, 3.05) is 11.9 Å². The molecule has 0 saturated heterocycles. The molecule has 0 radical (unpaired) electrons. The first-order chi connectivity index (χ1) is 11.6. The lowest BCUT2D eigenvalue weighted by molar-refractivity contribution is -0.111. The molecule has 2 aromatic heterocycles. The van der Waals surface area contributed by atoms with Crippen LogP contribution < -0.4 is 5.32 Å². The Hall–Kier alpha value is -2.41. The van der Waals surface area contributed by atoms with Gasteiger partial charge in [-0.25, -0.2) is 4.79 Å². The summed E-state index contributed by atoms with van der Waals surface area (Å²) in [4.78, 5) is 25.6. The third-order valence-electron chi connectivity index (χ3n) is 3.79. The van der Waals surface area contributed by atoms with Crippen molar-refractivity contribution in [2.24, 2.45) is 7.05 Å². The van der Waals surface area contributed by atoms with Gasteiger partial charge < -0.3 is 10.1 Å². The van der Waals surface area contributed by atoms with Gasteiger partial charge in [0.25, 0.3) is 0 Å². The van der Waals surface area contributed by atoms with Crippen molar-refractivity contribution < 1.29 is 14.3 Å². The number of carbonyl (C=O) groups is 2. The summed E-state index contributed by atoms with van der Waals surface area (Å²) in [5.74, 6) is -0.632. The van der Waals surface area contributed by atoms with Crippen LogP contribution in [0.4, 0.5) is 5.00 Å². The van der Waals surface area contributed by atoms with E-state index in [9.17, 15) is 9.59 Å². The van der Waals surface area contributed by atoms with Gasteiger partial charge in [0.15, 0.2) is 0 Å². The van der Waals surface area contributed by atoms with Crippen LogP contribution >= 0.6 is 11.3 Å². The molecular formula is C17H19N3O3S. The van der Waals surface area contributed by atoms with Gasteiger partial charge in [0.1, 0.15) is 5.00 Å². The second-order valence-corrected chi connectivity index (χ2v) is 6.66. The van der Waals surface area contributed by atoms with E-state index >= 15 is 0 Å². The number of ether oxygens (including phenoxy) is 1. The number of fused-ring (bicyclic) bond motifs is 1. The maximum Gasteiger partial charge on any atom is 0.341 e. The van der Waals surface area contributed by atoms with Crippen molar-refractivity contribution in [3.63, 3.8) is 0 Å². The Kier molecular flexibility index (Phi) is 4.80. The summed E-state index contributed by atoms with van der Waals surface area (Å²) < 4.78 is 6.82. The van der Waals surface area contributed by atoms with Crippen LogP contribution in [0.15, 0.2) is 18.5 Å². The summed E-state index contributed by atoms with van der Waals surface area (Å²) in [5.41, 5.74) is 2.40. The molecule has 0 aliphatic heterocycles. The molecule has 0 unspecified atom stereocenters. The van der Waals surface area contributed by atoms with E-state index in [4.69, 9.17) is 4.74 Å². The molecular weight excluding hydrogens is 326 g/mol. The smallest absolute Gasteiger partial charge is 0.341 e. The quantitative estimate of drug-likeness (QED) is 0.668. The highest BCUT2D eigenvalue weighted by Crippen LogP contribution is 2.39. The minimum Gasteiger partial charge on any atom is -0.462 e. The van der Waals surface area contributed by atoms with E-state index in [1.54, 1.807) is 23.9 Å². The van der Waals surface area contributed by atoms with Crippen molar-refractivity contribution in [3.05, 3.63) is 40.0 Å². The van der Waals surface area contributed by atoms with Gasteiger partial charge in [-0.3, -0.25) is 9.48 Å². The van der Waals surface area contributed by atoms with Gasteiger partial charge in [-0.1, -0.05) is 0 Å². The van der Waals surface area contributed by atoms with Gasteiger partial charge in [0, 0.05) is 29.8 Å². The molecule has 24 heavy (non-hydrogen) atoms. The van der Waals surface area contributed by atoms with Crippen LogP contribution in [-0.4, -0.2) is 28.3 Å². The van der Waals surface area contributed by atoms with Crippen molar-refractivity contribution >= 4 is 34.3 Å². The van der Waals surface area contributed by atoms with E-state index in [1.807, 2.05) is 13.2 Å². The molecule has 0 bridgehead atoms. The first-order valence-corrected chi connectivity index (χ1v) is 8.69. The molecule has 1 aliphatic carbocycles.